The number of ketones is 1. The molecule has 3 heteroatoms. The van der Waals surface area contributed by atoms with Crippen LogP contribution >= 0.6 is 0 Å². The molecule has 0 heterocycles. The molecule has 22 heavy (non-hydrogen) atoms. The van der Waals surface area contributed by atoms with E-state index >= 15 is 0 Å². The minimum absolute atomic E-state index is 0.333. The quantitative estimate of drug-likeness (QED) is 0.731. The number of aliphatic hydroxyl groups is 1. The summed E-state index contributed by atoms with van der Waals surface area (Å²) in [7, 11) is 0. The van der Waals surface area contributed by atoms with Crippen molar-refractivity contribution in [2.24, 2.45) is 0 Å². The highest BCUT2D eigenvalue weighted by atomic mass is 16.5. The van der Waals surface area contributed by atoms with Crippen molar-refractivity contribution in [2.75, 3.05) is 6.61 Å². The average molecular weight is 292 g/mol. The zero-order chi connectivity index (χ0) is 15.4. The lowest BCUT2D eigenvalue weighted by Crippen LogP contribution is -2.08. The maximum Gasteiger partial charge on any atom is 0.192 e. The fourth-order valence-corrected chi connectivity index (χ4v) is 2.47. The number of ether oxygens (including phenoxy) is 1. The molecule has 3 nitrogen and oxygen atoms in total. The fourth-order valence-electron chi connectivity index (χ4n) is 2.47. The highest BCUT2D eigenvalue weighted by Crippen LogP contribution is 2.29. The van der Waals surface area contributed by atoms with Gasteiger partial charge in [-0.25, -0.2) is 0 Å². The van der Waals surface area contributed by atoms with Crippen LogP contribution in [-0.2, 0) is 6.61 Å². The number of carbonyl (C=O) groups is 1. The standard InChI is InChI=1S/C19H16O3/c20-12-17(21)19-16-9-5-4-8-15(16)10-11-18(19)22-13-14-6-2-1-3-7-14/h1-11,20H,12-13H2. The topological polar surface area (TPSA) is 46.5 Å². The number of aliphatic hydroxyl groups excluding tert-OH is 1. The lowest BCUT2D eigenvalue weighted by Gasteiger charge is -2.13. The molecule has 3 aromatic rings. The van der Waals surface area contributed by atoms with Crippen molar-refractivity contribution in [1.82, 2.24) is 0 Å². The molecule has 0 amide bonds. The molecule has 0 saturated heterocycles. The van der Waals surface area contributed by atoms with Crippen molar-refractivity contribution < 1.29 is 14.6 Å². The second-order valence-electron chi connectivity index (χ2n) is 5.02. The smallest absolute Gasteiger partial charge is 0.192 e. The first-order valence-corrected chi connectivity index (χ1v) is 7.12. The van der Waals surface area contributed by atoms with E-state index in [1.807, 2.05) is 60.7 Å². The molecule has 0 aliphatic carbocycles. The molecule has 0 bridgehead atoms. The molecule has 0 saturated carbocycles. The van der Waals surface area contributed by atoms with Crippen LogP contribution in [0.5, 0.6) is 5.75 Å². The van der Waals surface area contributed by atoms with Crippen LogP contribution in [0.4, 0.5) is 0 Å². The van der Waals surface area contributed by atoms with Gasteiger partial charge in [-0.05, 0) is 22.4 Å². The summed E-state index contributed by atoms with van der Waals surface area (Å²) < 4.78 is 5.82. The molecule has 0 radical (unpaired) electrons. The van der Waals surface area contributed by atoms with Crippen molar-refractivity contribution in [1.29, 1.82) is 0 Å². The zero-order valence-electron chi connectivity index (χ0n) is 12.0. The summed E-state index contributed by atoms with van der Waals surface area (Å²) in [4.78, 5) is 12.1. The molecule has 0 unspecified atom stereocenters. The van der Waals surface area contributed by atoms with Gasteiger partial charge >= 0.3 is 0 Å². The molecule has 0 spiro atoms. The minimum Gasteiger partial charge on any atom is -0.488 e. The van der Waals surface area contributed by atoms with Gasteiger partial charge in [0, 0.05) is 0 Å². The van der Waals surface area contributed by atoms with Crippen LogP contribution < -0.4 is 4.74 Å². The largest absolute Gasteiger partial charge is 0.488 e. The number of hydrogen-bond donors (Lipinski definition) is 1. The Kier molecular flexibility index (Phi) is 4.17. The molecule has 0 aliphatic heterocycles. The Bertz CT molecular complexity index is 794. The Morgan fingerprint density at radius 1 is 0.909 bits per heavy atom. The van der Waals surface area contributed by atoms with Crippen LogP contribution in [0.15, 0.2) is 66.7 Å². The van der Waals surface area contributed by atoms with Gasteiger partial charge < -0.3 is 9.84 Å². The van der Waals surface area contributed by atoms with Gasteiger partial charge in [-0.15, -0.1) is 0 Å². The third kappa shape index (κ3) is 2.85. The summed E-state index contributed by atoms with van der Waals surface area (Å²) in [6.45, 7) is -0.152. The molecule has 0 aromatic heterocycles. The summed E-state index contributed by atoms with van der Waals surface area (Å²) in [6, 6.07) is 21.1. The first-order valence-electron chi connectivity index (χ1n) is 7.12. The van der Waals surface area contributed by atoms with E-state index < -0.39 is 6.61 Å². The molecule has 3 aromatic carbocycles. The highest BCUT2D eigenvalue weighted by molar-refractivity contribution is 6.11. The van der Waals surface area contributed by atoms with Gasteiger partial charge in [0.2, 0.25) is 0 Å². The molecule has 110 valence electrons. The zero-order valence-corrected chi connectivity index (χ0v) is 12.0. The highest BCUT2D eigenvalue weighted by Gasteiger charge is 2.15. The van der Waals surface area contributed by atoms with Crippen LogP contribution in [0.25, 0.3) is 10.8 Å². The van der Waals surface area contributed by atoms with Crippen LogP contribution in [0.3, 0.4) is 0 Å². The summed E-state index contributed by atoms with van der Waals surface area (Å²) in [5.74, 6) is 0.168. The summed E-state index contributed by atoms with van der Waals surface area (Å²) in [5.41, 5.74) is 1.47. The Morgan fingerprint density at radius 2 is 1.64 bits per heavy atom. The van der Waals surface area contributed by atoms with Crippen LogP contribution in [0.2, 0.25) is 0 Å². The second kappa shape index (κ2) is 6.41. The maximum atomic E-state index is 12.1. The van der Waals surface area contributed by atoms with Gasteiger partial charge in [0.1, 0.15) is 19.0 Å². The monoisotopic (exact) mass is 292 g/mol. The Morgan fingerprint density at radius 3 is 2.41 bits per heavy atom. The number of Topliss-reactive ketones (excluding diaryl/α,β-unsaturated/α-hetero) is 1. The van der Waals surface area contributed by atoms with Gasteiger partial charge in [0.05, 0.1) is 5.56 Å². The van der Waals surface area contributed by atoms with E-state index in [9.17, 15) is 9.90 Å². The minimum atomic E-state index is -0.532. The van der Waals surface area contributed by atoms with Crippen LogP contribution in [0, 0.1) is 0 Å². The van der Waals surface area contributed by atoms with Gasteiger partial charge in [-0.2, -0.15) is 0 Å². The molecule has 0 atom stereocenters. The number of hydrogen-bond acceptors (Lipinski definition) is 3. The normalized spacial score (nSPS) is 10.6. The molecule has 3 rings (SSSR count). The van der Waals surface area contributed by atoms with Gasteiger partial charge in [0.15, 0.2) is 5.78 Å². The average Bonchev–Trinajstić information content (AvgIpc) is 2.59. The third-order valence-corrected chi connectivity index (χ3v) is 3.55. The van der Waals surface area contributed by atoms with E-state index in [1.54, 1.807) is 6.07 Å². The summed E-state index contributed by atoms with van der Waals surface area (Å²) >= 11 is 0. The Labute approximate surface area is 128 Å². The second-order valence-corrected chi connectivity index (χ2v) is 5.02. The van der Waals surface area contributed by atoms with Crippen LogP contribution in [-0.4, -0.2) is 17.5 Å². The van der Waals surface area contributed by atoms with Crippen molar-refractivity contribution in [3.8, 4) is 5.75 Å². The maximum absolute atomic E-state index is 12.1. The third-order valence-electron chi connectivity index (χ3n) is 3.55. The number of benzene rings is 3. The lowest BCUT2D eigenvalue weighted by molar-refractivity contribution is 0.0901. The summed E-state index contributed by atoms with van der Waals surface area (Å²) in [5, 5.41) is 11.0. The van der Waals surface area contributed by atoms with Crippen LogP contribution in [0.1, 0.15) is 15.9 Å². The number of carbonyl (C=O) groups excluding carboxylic acids is 1. The van der Waals surface area contributed by atoms with Crippen molar-refractivity contribution in [2.45, 2.75) is 6.61 Å². The van der Waals surface area contributed by atoms with E-state index in [4.69, 9.17) is 4.74 Å². The molecule has 0 fully saturated rings. The molecular weight excluding hydrogens is 276 g/mol. The predicted octanol–water partition coefficient (Wildman–Crippen LogP) is 3.59. The van der Waals surface area contributed by atoms with Crippen molar-refractivity contribution >= 4 is 16.6 Å². The molecule has 0 aliphatic rings. The van der Waals surface area contributed by atoms with Gasteiger partial charge in [-0.1, -0.05) is 60.7 Å². The Hall–Kier alpha value is -2.65. The SMILES string of the molecule is O=C(CO)c1c(OCc2ccccc2)ccc2ccccc12. The molecule has 1 N–H and O–H groups in total. The van der Waals surface area contributed by atoms with Gasteiger partial charge in [0.25, 0.3) is 0 Å². The van der Waals surface area contributed by atoms with E-state index in [0.29, 0.717) is 17.9 Å². The number of fused-ring (bicyclic) bond motifs is 1. The first-order chi connectivity index (χ1) is 10.8. The van der Waals surface area contributed by atoms with E-state index in [0.717, 1.165) is 16.3 Å². The summed E-state index contributed by atoms with van der Waals surface area (Å²) in [6.07, 6.45) is 0. The number of rotatable bonds is 5. The molecular formula is C19H16O3. The first kappa shape index (κ1) is 14.3. The lowest BCUT2D eigenvalue weighted by atomic mass is 10.0. The van der Waals surface area contributed by atoms with Crippen molar-refractivity contribution in [3.05, 3.63) is 77.9 Å². The van der Waals surface area contributed by atoms with E-state index in [2.05, 4.69) is 0 Å². The predicted molar refractivity (Wildman–Crippen MR) is 86.1 cm³/mol. The van der Waals surface area contributed by atoms with Gasteiger partial charge in [-0.3, -0.25) is 4.79 Å². The van der Waals surface area contributed by atoms with Crippen molar-refractivity contribution in [3.63, 3.8) is 0 Å². The van der Waals surface area contributed by atoms with E-state index in [1.165, 1.54) is 0 Å². The van der Waals surface area contributed by atoms with E-state index in [-0.39, 0.29) is 5.78 Å². The fraction of sp³-hybridized carbons (Fsp3) is 0.105. The Balaban J connectivity index is 1.99.